The fourth-order valence-electron chi connectivity index (χ4n) is 4.99. The number of carbonyl (C=O) groups excluding carboxylic acids is 3. The van der Waals surface area contributed by atoms with Crippen molar-refractivity contribution in [1.29, 1.82) is 0 Å². The minimum Gasteiger partial charge on any atom is -0.374 e. The van der Waals surface area contributed by atoms with Gasteiger partial charge in [-0.2, -0.15) is 0 Å². The van der Waals surface area contributed by atoms with Crippen molar-refractivity contribution < 1.29 is 19.1 Å². The molecule has 0 saturated carbocycles. The molecule has 1 aliphatic rings. The van der Waals surface area contributed by atoms with Gasteiger partial charge in [0.1, 0.15) is 6.04 Å². The summed E-state index contributed by atoms with van der Waals surface area (Å²) >= 11 is 0. The van der Waals surface area contributed by atoms with Crippen LogP contribution in [0.5, 0.6) is 0 Å². The Morgan fingerprint density at radius 2 is 1.71 bits per heavy atom. The maximum Gasteiger partial charge on any atom is 0.247 e. The van der Waals surface area contributed by atoms with E-state index in [1.54, 1.807) is 30.1 Å². The lowest BCUT2D eigenvalue weighted by Crippen LogP contribution is -2.59. The molecule has 4 N–H and O–H groups in total. The van der Waals surface area contributed by atoms with Crippen molar-refractivity contribution >= 4 is 17.7 Å². The molecule has 1 heterocycles. The molecule has 2 aromatic rings. The molecule has 222 valence electrons. The molecule has 41 heavy (non-hydrogen) atoms. The number of hydrogen-bond donors (Lipinski definition) is 3. The first kappa shape index (κ1) is 32.0. The standard InChI is InChI=1S/C32H45N5O4/c1-31(2,33)18-11-17-28(38)34-27(23-41-22-26-15-9-6-10-16-26)29(39)37-20-12-19-32(24-37,30(40)35-36(3)4)21-25-13-7-5-8-14-25/h5-11,13-17,27H,12,18-24,33H2,1-4H3,(H,34,38)(H,35,40)/b17-11+/t27-,32+/m1/s1. The second-order valence-electron chi connectivity index (χ2n) is 11.8. The third kappa shape index (κ3) is 10.4. The maximum atomic E-state index is 13.9. The van der Waals surface area contributed by atoms with Crippen molar-refractivity contribution in [2.24, 2.45) is 11.1 Å². The van der Waals surface area contributed by atoms with Gasteiger partial charge in [0.25, 0.3) is 0 Å². The number of carbonyl (C=O) groups is 3. The van der Waals surface area contributed by atoms with E-state index in [-0.39, 0.29) is 25.0 Å². The number of piperidine rings is 1. The van der Waals surface area contributed by atoms with E-state index in [0.29, 0.717) is 38.8 Å². The summed E-state index contributed by atoms with van der Waals surface area (Å²) in [6.07, 6.45) is 5.43. The first-order valence-corrected chi connectivity index (χ1v) is 14.2. The van der Waals surface area contributed by atoms with Gasteiger partial charge in [0, 0.05) is 32.7 Å². The van der Waals surface area contributed by atoms with Crippen molar-refractivity contribution in [3.63, 3.8) is 0 Å². The van der Waals surface area contributed by atoms with E-state index < -0.39 is 22.9 Å². The Kier molecular flexibility index (Phi) is 11.6. The van der Waals surface area contributed by atoms with E-state index in [1.165, 1.54) is 6.08 Å². The number of nitrogens with two attached hydrogens (primary N) is 1. The van der Waals surface area contributed by atoms with E-state index in [9.17, 15) is 14.4 Å². The van der Waals surface area contributed by atoms with Gasteiger partial charge in [-0.15, -0.1) is 0 Å². The number of likely N-dealkylation sites (tertiary alicyclic amines) is 1. The zero-order valence-electron chi connectivity index (χ0n) is 24.8. The Balaban J connectivity index is 1.79. The van der Waals surface area contributed by atoms with Crippen molar-refractivity contribution in [3.8, 4) is 0 Å². The monoisotopic (exact) mass is 563 g/mol. The second-order valence-corrected chi connectivity index (χ2v) is 11.8. The Hall–Kier alpha value is -3.53. The van der Waals surface area contributed by atoms with Crippen LogP contribution in [0, 0.1) is 5.41 Å². The van der Waals surface area contributed by atoms with Crippen LogP contribution in [-0.2, 0) is 32.1 Å². The van der Waals surface area contributed by atoms with Crippen molar-refractivity contribution in [2.75, 3.05) is 33.8 Å². The average molecular weight is 564 g/mol. The first-order chi connectivity index (χ1) is 19.5. The minimum absolute atomic E-state index is 0.00175. The van der Waals surface area contributed by atoms with E-state index in [0.717, 1.165) is 11.1 Å². The first-order valence-electron chi connectivity index (χ1n) is 14.2. The zero-order valence-corrected chi connectivity index (χ0v) is 24.8. The predicted octanol–water partition coefficient (Wildman–Crippen LogP) is 2.82. The van der Waals surface area contributed by atoms with E-state index in [4.69, 9.17) is 10.5 Å². The van der Waals surface area contributed by atoms with Gasteiger partial charge < -0.3 is 20.7 Å². The summed E-state index contributed by atoms with van der Waals surface area (Å²) in [5.41, 5.74) is 9.68. The van der Waals surface area contributed by atoms with Crippen LogP contribution in [-0.4, -0.2) is 73.0 Å². The Labute approximate surface area is 244 Å². The van der Waals surface area contributed by atoms with Crippen LogP contribution in [0.1, 0.15) is 44.2 Å². The Morgan fingerprint density at radius 1 is 1.07 bits per heavy atom. The molecule has 3 amide bonds. The highest BCUT2D eigenvalue weighted by atomic mass is 16.5. The van der Waals surface area contributed by atoms with Gasteiger partial charge in [0.05, 0.1) is 18.6 Å². The summed E-state index contributed by atoms with van der Waals surface area (Å²) in [5, 5.41) is 4.46. The van der Waals surface area contributed by atoms with Crippen LogP contribution >= 0.6 is 0 Å². The molecule has 9 heteroatoms. The van der Waals surface area contributed by atoms with Crippen LogP contribution in [0.3, 0.4) is 0 Å². The highest BCUT2D eigenvalue weighted by molar-refractivity contribution is 5.93. The summed E-state index contributed by atoms with van der Waals surface area (Å²) < 4.78 is 5.91. The number of nitrogens with zero attached hydrogens (tertiary/aromatic N) is 2. The van der Waals surface area contributed by atoms with Gasteiger partial charge in [0.15, 0.2) is 0 Å². The maximum absolute atomic E-state index is 13.9. The Bertz CT molecular complexity index is 1160. The van der Waals surface area contributed by atoms with Crippen LogP contribution in [0.2, 0.25) is 0 Å². The average Bonchev–Trinajstić information content (AvgIpc) is 2.92. The molecule has 9 nitrogen and oxygen atoms in total. The number of rotatable bonds is 13. The summed E-state index contributed by atoms with van der Waals surface area (Å²) in [4.78, 5) is 42.0. The summed E-state index contributed by atoms with van der Waals surface area (Å²) in [7, 11) is 3.55. The van der Waals surface area contributed by atoms with Gasteiger partial charge in [-0.25, -0.2) is 5.01 Å². The molecule has 2 atom stereocenters. The fraction of sp³-hybridized carbons (Fsp3) is 0.469. The number of amides is 3. The van der Waals surface area contributed by atoms with Crippen molar-refractivity contribution in [3.05, 3.63) is 83.9 Å². The molecule has 1 aliphatic heterocycles. The highest BCUT2D eigenvalue weighted by Crippen LogP contribution is 2.34. The lowest BCUT2D eigenvalue weighted by Gasteiger charge is -2.43. The third-order valence-electron chi connectivity index (χ3n) is 7.00. The zero-order chi connectivity index (χ0) is 29.9. The van der Waals surface area contributed by atoms with E-state index in [1.807, 2.05) is 74.5 Å². The largest absolute Gasteiger partial charge is 0.374 e. The molecule has 0 radical (unpaired) electrons. The lowest BCUT2D eigenvalue weighted by molar-refractivity contribution is -0.147. The number of ether oxygens (including phenoxy) is 1. The molecule has 0 spiro atoms. The van der Waals surface area contributed by atoms with Gasteiger partial charge >= 0.3 is 0 Å². The summed E-state index contributed by atoms with van der Waals surface area (Å²) in [5.74, 6) is -0.792. The van der Waals surface area contributed by atoms with Crippen LogP contribution in [0.15, 0.2) is 72.8 Å². The molecule has 0 aliphatic carbocycles. The molecule has 0 bridgehead atoms. The quantitative estimate of drug-likeness (QED) is 0.255. The van der Waals surface area contributed by atoms with Crippen molar-refractivity contribution in [1.82, 2.24) is 20.7 Å². The van der Waals surface area contributed by atoms with E-state index in [2.05, 4.69) is 10.7 Å². The van der Waals surface area contributed by atoms with Gasteiger partial charge in [-0.05, 0) is 56.7 Å². The van der Waals surface area contributed by atoms with Gasteiger partial charge in [-0.3, -0.25) is 19.8 Å². The molecule has 3 rings (SSSR count). The summed E-state index contributed by atoms with van der Waals surface area (Å²) in [6, 6.07) is 18.6. The molecule has 0 aromatic heterocycles. The fourth-order valence-corrected chi connectivity index (χ4v) is 4.99. The van der Waals surface area contributed by atoms with Gasteiger partial charge in [-0.1, -0.05) is 66.7 Å². The molecule has 1 fully saturated rings. The number of benzene rings is 2. The SMILES string of the molecule is CN(C)NC(=O)[C@]1(Cc2ccccc2)CCCN(C(=O)[C@@H](COCc2ccccc2)NC(=O)/C=C/CC(C)(C)N)C1. The molecular weight excluding hydrogens is 518 g/mol. The molecule has 2 aromatic carbocycles. The second kappa shape index (κ2) is 14.9. The Morgan fingerprint density at radius 3 is 2.32 bits per heavy atom. The molecular formula is C32H45N5O4. The normalized spacial score (nSPS) is 18.3. The van der Waals surface area contributed by atoms with Crippen LogP contribution in [0.25, 0.3) is 0 Å². The van der Waals surface area contributed by atoms with Crippen LogP contribution < -0.4 is 16.5 Å². The topological polar surface area (TPSA) is 117 Å². The number of nitrogens with one attached hydrogen (secondary N) is 2. The van der Waals surface area contributed by atoms with Gasteiger partial charge in [0.2, 0.25) is 17.7 Å². The number of hydrogen-bond acceptors (Lipinski definition) is 6. The minimum atomic E-state index is -0.911. The smallest absolute Gasteiger partial charge is 0.247 e. The van der Waals surface area contributed by atoms with Crippen molar-refractivity contribution in [2.45, 2.75) is 57.7 Å². The molecule has 0 unspecified atom stereocenters. The highest BCUT2D eigenvalue weighted by Gasteiger charge is 2.44. The van der Waals surface area contributed by atoms with E-state index >= 15 is 0 Å². The predicted molar refractivity (Wildman–Crippen MR) is 160 cm³/mol. The number of hydrazine groups is 1. The molecule has 1 saturated heterocycles. The summed E-state index contributed by atoms with van der Waals surface area (Å²) in [6.45, 7) is 4.80. The lowest BCUT2D eigenvalue weighted by atomic mass is 9.74. The third-order valence-corrected chi connectivity index (χ3v) is 7.00. The van der Waals surface area contributed by atoms with Crippen LogP contribution in [0.4, 0.5) is 0 Å².